The highest BCUT2D eigenvalue weighted by Crippen LogP contribution is 1.95. The zero-order valence-corrected chi connectivity index (χ0v) is 7.20. The summed E-state index contributed by atoms with van der Waals surface area (Å²) in [6, 6.07) is 5.63. The minimum Gasteiger partial charge on any atom is -0.381 e. The van der Waals surface area contributed by atoms with Gasteiger partial charge in [-0.3, -0.25) is 0 Å². The molecule has 1 atom stereocenters. The number of hydrogen-bond acceptors (Lipinski definition) is 2. The Labute approximate surface area is 72.3 Å². The number of aliphatic hydroxyl groups excluding tert-OH is 1. The average Bonchev–Trinajstić information content (AvgIpc) is 2.01. The van der Waals surface area contributed by atoms with Gasteiger partial charge in [0.15, 0.2) is 0 Å². The van der Waals surface area contributed by atoms with Crippen LogP contribution in [0.5, 0.6) is 0 Å². The fourth-order valence-electron chi connectivity index (χ4n) is 0.791. The third-order valence-electron chi connectivity index (χ3n) is 1.30. The number of hydrogen-bond donors (Lipinski definition) is 1. The van der Waals surface area contributed by atoms with Gasteiger partial charge in [0.25, 0.3) is 0 Å². The van der Waals surface area contributed by atoms with Crippen LogP contribution in [0, 0.1) is 18.8 Å². The highest BCUT2D eigenvalue weighted by Gasteiger charge is 1.89. The first-order chi connectivity index (χ1) is 5.68. The van der Waals surface area contributed by atoms with Gasteiger partial charge >= 0.3 is 0 Å². The van der Waals surface area contributed by atoms with E-state index in [0.29, 0.717) is 5.69 Å². The van der Waals surface area contributed by atoms with Crippen molar-refractivity contribution in [1.29, 1.82) is 0 Å². The van der Waals surface area contributed by atoms with E-state index in [2.05, 4.69) is 16.8 Å². The summed E-state index contributed by atoms with van der Waals surface area (Å²) in [5.41, 5.74) is 1.64. The number of aliphatic hydroxyl groups is 1. The fraction of sp³-hybridized carbons (Fsp3) is 0.300. The molecule has 2 nitrogen and oxygen atoms in total. The molecule has 1 aromatic heterocycles. The van der Waals surface area contributed by atoms with Gasteiger partial charge in [0.2, 0.25) is 0 Å². The molecule has 0 amide bonds. The predicted molar refractivity (Wildman–Crippen MR) is 47.5 cm³/mol. The molecule has 62 valence electrons. The van der Waals surface area contributed by atoms with Crippen LogP contribution >= 0.6 is 0 Å². The monoisotopic (exact) mass is 161 g/mol. The van der Waals surface area contributed by atoms with Gasteiger partial charge in [-0.2, -0.15) is 0 Å². The number of nitrogens with zero attached hydrogens (tertiary/aromatic N) is 1. The number of aryl methyl sites for hydroxylation is 1. The summed E-state index contributed by atoms with van der Waals surface area (Å²) in [6.07, 6.45) is -0.590. The maximum atomic E-state index is 8.88. The van der Waals surface area contributed by atoms with Crippen LogP contribution in [-0.2, 0) is 0 Å². The summed E-state index contributed by atoms with van der Waals surface area (Å²) in [5, 5.41) is 8.88. The second-order valence-corrected chi connectivity index (χ2v) is 2.61. The summed E-state index contributed by atoms with van der Waals surface area (Å²) < 4.78 is 0. The summed E-state index contributed by atoms with van der Waals surface area (Å²) in [4.78, 5) is 4.16. The molecule has 0 spiro atoms. The Morgan fingerprint density at radius 1 is 1.50 bits per heavy atom. The Balaban J connectivity index is 2.85. The highest BCUT2D eigenvalue weighted by molar-refractivity contribution is 5.29. The van der Waals surface area contributed by atoms with Crippen molar-refractivity contribution in [2.24, 2.45) is 0 Å². The van der Waals surface area contributed by atoms with Crippen LogP contribution in [0.15, 0.2) is 18.2 Å². The standard InChI is InChI=1S/C10H11NO/c1-8-4-3-5-10(11-8)7-6-9(2)12/h3-5,9,12H,1-2H3/t9-/m0/s1. The SMILES string of the molecule is Cc1cccc(C#C[C@H](C)O)n1. The molecule has 2 heteroatoms. The van der Waals surface area contributed by atoms with Crippen molar-refractivity contribution >= 4 is 0 Å². The van der Waals surface area contributed by atoms with Gasteiger partial charge in [0.1, 0.15) is 11.8 Å². The van der Waals surface area contributed by atoms with Gasteiger partial charge in [-0.05, 0) is 31.9 Å². The Morgan fingerprint density at radius 2 is 2.25 bits per heavy atom. The molecule has 0 saturated heterocycles. The Kier molecular flexibility index (Phi) is 2.84. The molecule has 0 saturated carbocycles. The van der Waals surface area contributed by atoms with E-state index in [1.807, 2.05) is 25.1 Å². The first kappa shape index (κ1) is 8.76. The molecule has 0 unspecified atom stereocenters. The number of rotatable bonds is 0. The van der Waals surface area contributed by atoms with E-state index in [9.17, 15) is 0 Å². The Hall–Kier alpha value is -1.33. The van der Waals surface area contributed by atoms with E-state index in [4.69, 9.17) is 5.11 Å². The van der Waals surface area contributed by atoms with Crippen molar-refractivity contribution in [2.75, 3.05) is 0 Å². The summed E-state index contributed by atoms with van der Waals surface area (Å²) >= 11 is 0. The molecule has 0 aromatic carbocycles. The van der Waals surface area contributed by atoms with E-state index in [1.54, 1.807) is 6.92 Å². The molecule has 0 radical (unpaired) electrons. The minimum absolute atomic E-state index is 0.590. The first-order valence-corrected chi connectivity index (χ1v) is 3.82. The van der Waals surface area contributed by atoms with Crippen LogP contribution in [0.1, 0.15) is 18.3 Å². The molecule has 1 aromatic rings. The van der Waals surface area contributed by atoms with Gasteiger partial charge in [0, 0.05) is 5.69 Å². The average molecular weight is 161 g/mol. The van der Waals surface area contributed by atoms with Crippen molar-refractivity contribution in [3.05, 3.63) is 29.6 Å². The highest BCUT2D eigenvalue weighted by atomic mass is 16.3. The third-order valence-corrected chi connectivity index (χ3v) is 1.30. The quantitative estimate of drug-likeness (QED) is 0.578. The summed E-state index contributed by atoms with van der Waals surface area (Å²) in [7, 11) is 0. The molecule has 0 fully saturated rings. The van der Waals surface area contributed by atoms with Gasteiger partial charge in [-0.25, -0.2) is 4.98 Å². The van der Waals surface area contributed by atoms with Crippen LogP contribution in [-0.4, -0.2) is 16.2 Å². The third kappa shape index (κ3) is 2.73. The molecule has 12 heavy (non-hydrogen) atoms. The molecule has 0 bridgehead atoms. The van der Waals surface area contributed by atoms with Crippen molar-refractivity contribution in [2.45, 2.75) is 20.0 Å². The lowest BCUT2D eigenvalue weighted by Gasteiger charge is -1.92. The normalized spacial score (nSPS) is 11.6. The zero-order valence-electron chi connectivity index (χ0n) is 7.20. The smallest absolute Gasteiger partial charge is 0.113 e. The van der Waals surface area contributed by atoms with Gasteiger partial charge in [-0.15, -0.1) is 0 Å². The van der Waals surface area contributed by atoms with Crippen LogP contribution in [0.3, 0.4) is 0 Å². The van der Waals surface area contributed by atoms with Crippen LogP contribution in [0.25, 0.3) is 0 Å². The molecule has 0 aliphatic carbocycles. The lowest BCUT2D eigenvalue weighted by Crippen LogP contribution is -1.93. The van der Waals surface area contributed by atoms with Crippen molar-refractivity contribution in [3.63, 3.8) is 0 Å². The predicted octanol–water partition coefficient (Wildman–Crippen LogP) is 1.12. The minimum atomic E-state index is -0.590. The van der Waals surface area contributed by atoms with Crippen LogP contribution in [0.4, 0.5) is 0 Å². The topological polar surface area (TPSA) is 33.1 Å². The maximum absolute atomic E-state index is 8.88. The van der Waals surface area contributed by atoms with E-state index in [-0.39, 0.29) is 0 Å². The zero-order chi connectivity index (χ0) is 8.97. The van der Waals surface area contributed by atoms with E-state index < -0.39 is 6.10 Å². The van der Waals surface area contributed by atoms with Crippen molar-refractivity contribution in [3.8, 4) is 11.8 Å². The lowest BCUT2D eigenvalue weighted by atomic mass is 10.3. The van der Waals surface area contributed by atoms with Crippen molar-refractivity contribution < 1.29 is 5.11 Å². The van der Waals surface area contributed by atoms with Crippen LogP contribution in [0.2, 0.25) is 0 Å². The molecule has 1 heterocycles. The van der Waals surface area contributed by atoms with Gasteiger partial charge in [-0.1, -0.05) is 12.0 Å². The molecule has 0 aliphatic heterocycles. The lowest BCUT2D eigenvalue weighted by molar-refractivity contribution is 0.253. The number of aromatic nitrogens is 1. The molecular formula is C10H11NO. The fourth-order valence-corrected chi connectivity index (χ4v) is 0.791. The number of pyridine rings is 1. The Bertz CT molecular complexity index is 320. The first-order valence-electron chi connectivity index (χ1n) is 3.82. The van der Waals surface area contributed by atoms with Gasteiger partial charge < -0.3 is 5.11 Å². The molecule has 1 N–H and O–H groups in total. The van der Waals surface area contributed by atoms with Crippen molar-refractivity contribution in [1.82, 2.24) is 4.98 Å². The molecule has 0 aliphatic rings. The largest absolute Gasteiger partial charge is 0.381 e. The van der Waals surface area contributed by atoms with E-state index >= 15 is 0 Å². The second kappa shape index (κ2) is 3.89. The molecular weight excluding hydrogens is 150 g/mol. The summed E-state index contributed by atoms with van der Waals surface area (Å²) in [6.45, 7) is 3.54. The van der Waals surface area contributed by atoms with E-state index in [1.165, 1.54) is 0 Å². The Morgan fingerprint density at radius 3 is 2.83 bits per heavy atom. The van der Waals surface area contributed by atoms with Gasteiger partial charge in [0.05, 0.1) is 0 Å². The van der Waals surface area contributed by atoms with Crippen LogP contribution < -0.4 is 0 Å². The summed E-state index contributed by atoms with van der Waals surface area (Å²) in [5.74, 6) is 5.41. The maximum Gasteiger partial charge on any atom is 0.113 e. The second-order valence-electron chi connectivity index (χ2n) is 2.61. The molecule has 1 rings (SSSR count). The van der Waals surface area contributed by atoms with E-state index in [0.717, 1.165) is 5.69 Å².